The number of fused-ring (bicyclic) bond motifs is 2. The van der Waals surface area contributed by atoms with Crippen LogP contribution in [0.3, 0.4) is 0 Å². The quantitative estimate of drug-likeness (QED) is 0.398. The highest BCUT2D eigenvalue weighted by atomic mass is 15.1. The number of likely N-dealkylation sites (tertiary alicyclic amines) is 1. The van der Waals surface area contributed by atoms with E-state index in [-0.39, 0.29) is 0 Å². The topological polar surface area (TPSA) is 65.0 Å². The fourth-order valence-electron chi connectivity index (χ4n) is 4.85. The molecule has 1 saturated heterocycles. The maximum atomic E-state index is 5.17. The molecule has 1 aliphatic heterocycles. The van der Waals surface area contributed by atoms with Crippen LogP contribution in [0.25, 0.3) is 27.7 Å². The van der Waals surface area contributed by atoms with Gasteiger partial charge in [-0.15, -0.1) is 0 Å². The molecule has 1 aliphatic rings. The summed E-state index contributed by atoms with van der Waals surface area (Å²) in [6.45, 7) is 3.19. The van der Waals surface area contributed by atoms with E-state index in [0.717, 1.165) is 72.7 Å². The molecule has 6 rings (SSSR count). The Bertz CT molecular complexity index is 1440. The van der Waals surface area contributed by atoms with Crippen LogP contribution < -0.4 is 0 Å². The van der Waals surface area contributed by atoms with E-state index < -0.39 is 0 Å². The largest absolute Gasteiger partial charge is 0.361 e. The third kappa shape index (κ3) is 3.92. The monoisotopic (exact) mass is 434 g/mol. The lowest BCUT2D eigenvalue weighted by molar-refractivity contribution is 0.213. The standard InChI is InChI=1S/C27H26N6/c1(4-23-5-3-11-29-23)2-14-32-15-9-21(10-16-32)27-31-26(25-19-28-13-17-33(25)27)22-7-6-20-8-12-30-24(20)18-22/h3,5-8,11-13,17-19,21,29-30H,2,9-10,14-16H2. The van der Waals surface area contributed by atoms with Gasteiger partial charge in [0.1, 0.15) is 5.82 Å². The van der Waals surface area contributed by atoms with E-state index in [4.69, 9.17) is 4.98 Å². The minimum Gasteiger partial charge on any atom is -0.361 e. The molecule has 0 radical (unpaired) electrons. The summed E-state index contributed by atoms with van der Waals surface area (Å²) in [6.07, 6.45) is 12.8. The minimum absolute atomic E-state index is 0.448. The van der Waals surface area contributed by atoms with Gasteiger partial charge in [-0.2, -0.15) is 0 Å². The Balaban J connectivity index is 1.19. The predicted octanol–water partition coefficient (Wildman–Crippen LogP) is 4.83. The second-order valence-corrected chi connectivity index (χ2v) is 8.68. The van der Waals surface area contributed by atoms with E-state index in [1.807, 2.05) is 36.9 Å². The Morgan fingerprint density at radius 2 is 2.00 bits per heavy atom. The van der Waals surface area contributed by atoms with Gasteiger partial charge in [-0.25, -0.2) is 4.98 Å². The molecule has 164 valence electrons. The van der Waals surface area contributed by atoms with Crippen LogP contribution in [0.2, 0.25) is 0 Å². The Hall–Kier alpha value is -3.82. The lowest BCUT2D eigenvalue weighted by Gasteiger charge is -2.30. The van der Waals surface area contributed by atoms with Crippen molar-refractivity contribution in [3.63, 3.8) is 0 Å². The molecule has 0 amide bonds. The zero-order valence-electron chi connectivity index (χ0n) is 18.5. The van der Waals surface area contributed by atoms with Crippen LogP contribution in [0.1, 0.15) is 36.7 Å². The second kappa shape index (κ2) is 8.61. The molecule has 2 N–H and O–H groups in total. The molecule has 0 atom stereocenters. The van der Waals surface area contributed by atoms with Crippen molar-refractivity contribution in [1.29, 1.82) is 0 Å². The number of imidazole rings is 1. The summed E-state index contributed by atoms with van der Waals surface area (Å²) in [5.74, 6) is 8.08. The summed E-state index contributed by atoms with van der Waals surface area (Å²) in [5.41, 5.74) is 5.32. The third-order valence-corrected chi connectivity index (χ3v) is 6.63. The first-order chi connectivity index (χ1) is 16.3. The number of nitrogens with zero attached hydrogens (tertiary/aromatic N) is 4. The van der Waals surface area contributed by atoms with Gasteiger partial charge >= 0.3 is 0 Å². The molecule has 0 bridgehead atoms. The van der Waals surface area contributed by atoms with E-state index in [1.54, 1.807) is 0 Å². The molecule has 0 spiro atoms. The van der Waals surface area contributed by atoms with Crippen molar-refractivity contribution in [2.45, 2.75) is 25.2 Å². The fraction of sp³-hybridized carbons (Fsp3) is 0.259. The van der Waals surface area contributed by atoms with Crippen molar-refractivity contribution in [3.05, 3.63) is 78.9 Å². The summed E-state index contributed by atoms with van der Waals surface area (Å²) in [4.78, 5) is 18.5. The molecule has 1 aromatic carbocycles. The van der Waals surface area contributed by atoms with Gasteiger partial charge in [-0.3, -0.25) is 9.38 Å². The molecule has 4 aromatic heterocycles. The smallest absolute Gasteiger partial charge is 0.117 e. The Morgan fingerprint density at radius 1 is 1.06 bits per heavy atom. The van der Waals surface area contributed by atoms with E-state index in [2.05, 4.69) is 66.6 Å². The van der Waals surface area contributed by atoms with Crippen molar-refractivity contribution in [1.82, 2.24) is 29.2 Å². The SMILES string of the molecule is C(#Cc1ccc[nH]1)CCN1CCC(c2nc(-c3ccc4cc[nH]c4c3)c3cnccn23)CC1. The molecule has 0 aliphatic carbocycles. The maximum absolute atomic E-state index is 5.17. The highest BCUT2D eigenvalue weighted by Crippen LogP contribution is 2.33. The summed E-state index contributed by atoms with van der Waals surface area (Å²) in [5, 5.41) is 1.21. The van der Waals surface area contributed by atoms with Crippen LogP contribution in [0.4, 0.5) is 0 Å². The highest BCUT2D eigenvalue weighted by molar-refractivity contribution is 5.87. The van der Waals surface area contributed by atoms with E-state index >= 15 is 0 Å². The average Bonchev–Trinajstić information content (AvgIpc) is 3.62. The molecule has 1 fully saturated rings. The van der Waals surface area contributed by atoms with Crippen molar-refractivity contribution in [2.24, 2.45) is 0 Å². The van der Waals surface area contributed by atoms with Crippen LogP contribution in [0, 0.1) is 11.8 Å². The molecule has 5 aromatic rings. The van der Waals surface area contributed by atoms with Crippen LogP contribution in [0.15, 0.2) is 67.4 Å². The molecule has 6 heteroatoms. The molecule has 5 heterocycles. The Kier molecular flexibility index (Phi) is 5.17. The number of hydrogen-bond acceptors (Lipinski definition) is 3. The first-order valence-electron chi connectivity index (χ1n) is 11.6. The number of nitrogens with one attached hydrogen (secondary N) is 2. The fourth-order valence-corrected chi connectivity index (χ4v) is 4.85. The molecular formula is C27H26N6. The lowest BCUT2D eigenvalue weighted by Crippen LogP contribution is -2.34. The maximum Gasteiger partial charge on any atom is 0.117 e. The number of piperidine rings is 1. The van der Waals surface area contributed by atoms with Crippen LogP contribution in [-0.2, 0) is 0 Å². The van der Waals surface area contributed by atoms with E-state index in [9.17, 15) is 0 Å². The molecule has 0 unspecified atom stereocenters. The van der Waals surface area contributed by atoms with E-state index in [1.165, 1.54) is 5.39 Å². The first-order valence-corrected chi connectivity index (χ1v) is 11.6. The van der Waals surface area contributed by atoms with Gasteiger partial charge in [0.25, 0.3) is 0 Å². The predicted molar refractivity (Wildman–Crippen MR) is 131 cm³/mol. The zero-order chi connectivity index (χ0) is 22.0. The summed E-state index contributed by atoms with van der Waals surface area (Å²) in [6, 6.07) is 12.6. The second-order valence-electron chi connectivity index (χ2n) is 8.68. The van der Waals surface area contributed by atoms with Crippen LogP contribution in [0.5, 0.6) is 0 Å². The highest BCUT2D eigenvalue weighted by Gasteiger charge is 2.25. The summed E-state index contributed by atoms with van der Waals surface area (Å²) in [7, 11) is 0. The van der Waals surface area contributed by atoms with Crippen LogP contribution in [-0.4, -0.2) is 48.9 Å². The van der Waals surface area contributed by atoms with Crippen molar-refractivity contribution < 1.29 is 0 Å². The number of aromatic nitrogens is 5. The summed E-state index contributed by atoms with van der Waals surface area (Å²) >= 11 is 0. The average molecular weight is 435 g/mol. The van der Waals surface area contributed by atoms with Gasteiger partial charge in [0, 0.05) is 54.8 Å². The minimum atomic E-state index is 0.448. The van der Waals surface area contributed by atoms with Crippen LogP contribution >= 0.6 is 0 Å². The normalized spacial score (nSPS) is 15.2. The van der Waals surface area contributed by atoms with Gasteiger partial charge in [0.15, 0.2) is 0 Å². The zero-order valence-corrected chi connectivity index (χ0v) is 18.5. The van der Waals surface area contributed by atoms with Gasteiger partial charge in [-0.1, -0.05) is 18.1 Å². The number of hydrogen-bond donors (Lipinski definition) is 2. The molecule has 6 nitrogen and oxygen atoms in total. The van der Waals surface area contributed by atoms with Crippen molar-refractivity contribution in [3.8, 4) is 23.1 Å². The molecule has 33 heavy (non-hydrogen) atoms. The molecule has 0 saturated carbocycles. The van der Waals surface area contributed by atoms with E-state index in [0.29, 0.717) is 5.92 Å². The number of rotatable bonds is 4. The Morgan fingerprint density at radius 3 is 2.88 bits per heavy atom. The number of H-pyrrole nitrogens is 2. The number of aromatic amines is 2. The molecular weight excluding hydrogens is 408 g/mol. The van der Waals surface area contributed by atoms with Crippen molar-refractivity contribution in [2.75, 3.05) is 19.6 Å². The van der Waals surface area contributed by atoms with Gasteiger partial charge in [-0.05, 0) is 61.5 Å². The Labute approximate surface area is 192 Å². The van der Waals surface area contributed by atoms with Gasteiger partial charge < -0.3 is 14.9 Å². The third-order valence-electron chi connectivity index (χ3n) is 6.63. The number of benzene rings is 1. The van der Waals surface area contributed by atoms with Crippen molar-refractivity contribution >= 4 is 16.4 Å². The van der Waals surface area contributed by atoms with Gasteiger partial charge in [0.05, 0.1) is 23.1 Å². The summed E-state index contributed by atoms with van der Waals surface area (Å²) < 4.78 is 2.24. The first kappa shape index (κ1) is 19.8. The lowest BCUT2D eigenvalue weighted by atomic mass is 9.96. The van der Waals surface area contributed by atoms with Gasteiger partial charge in [0.2, 0.25) is 0 Å².